The molecule has 3 rings (SSSR count). The average Bonchev–Trinajstić information content (AvgIpc) is 2.88. The fourth-order valence-electron chi connectivity index (χ4n) is 2.36. The van der Waals surface area contributed by atoms with Crippen molar-refractivity contribution in [1.29, 1.82) is 0 Å². The molecular weight excluding hydrogens is 245 g/mol. The predicted molar refractivity (Wildman–Crippen MR) is 68.2 cm³/mol. The predicted octanol–water partition coefficient (Wildman–Crippen LogP) is 1.33. The van der Waals surface area contributed by atoms with Crippen LogP contribution in [-0.2, 0) is 6.54 Å². The fraction of sp³-hybridized carbons (Fsp3) is 0.462. The molecule has 1 N–H and O–H groups in total. The second kappa shape index (κ2) is 5.44. The number of nitrogens with one attached hydrogen (secondary N) is 1. The first-order valence-electron chi connectivity index (χ1n) is 6.54. The number of hydrogen-bond acceptors (Lipinski definition) is 4. The first-order valence-corrected chi connectivity index (χ1v) is 6.54. The summed E-state index contributed by atoms with van der Waals surface area (Å²) < 4.78 is 13.1. The zero-order valence-electron chi connectivity index (χ0n) is 10.6. The van der Waals surface area contributed by atoms with Crippen molar-refractivity contribution in [3.05, 3.63) is 41.5 Å². The second-order valence-corrected chi connectivity index (χ2v) is 4.85. The highest BCUT2D eigenvalue weighted by Gasteiger charge is 2.19. The van der Waals surface area contributed by atoms with Gasteiger partial charge in [0.15, 0.2) is 5.82 Å². The van der Waals surface area contributed by atoms with Crippen LogP contribution in [0.3, 0.4) is 0 Å². The van der Waals surface area contributed by atoms with E-state index in [0.717, 1.165) is 37.3 Å². The monoisotopic (exact) mass is 261 g/mol. The zero-order valence-corrected chi connectivity index (χ0v) is 10.6. The van der Waals surface area contributed by atoms with Gasteiger partial charge in [-0.25, -0.2) is 4.39 Å². The van der Waals surface area contributed by atoms with Gasteiger partial charge in [-0.05, 0) is 42.3 Å². The number of hydrogen-bond donors (Lipinski definition) is 1. The molecule has 0 aliphatic carbocycles. The number of benzene rings is 1. The highest BCUT2D eigenvalue weighted by molar-refractivity contribution is 5.16. The molecule has 1 saturated heterocycles. The van der Waals surface area contributed by atoms with Crippen LogP contribution in [0.25, 0.3) is 0 Å². The van der Waals surface area contributed by atoms with Crippen LogP contribution in [0.5, 0.6) is 0 Å². The van der Waals surface area contributed by atoms with Crippen molar-refractivity contribution in [3.8, 4) is 0 Å². The van der Waals surface area contributed by atoms with Crippen molar-refractivity contribution in [2.45, 2.75) is 25.3 Å². The van der Waals surface area contributed by atoms with E-state index < -0.39 is 0 Å². The Balaban J connectivity index is 1.70. The van der Waals surface area contributed by atoms with Crippen molar-refractivity contribution in [1.82, 2.24) is 25.5 Å². The van der Waals surface area contributed by atoms with E-state index in [1.807, 2.05) is 6.07 Å². The Morgan fingerprint density at radius 2 is 2.37 bits per heavy atom. The molecule has 1 aliphatic rings. The molecule has 0 saturated carbocycles. The number of nitrogens with zero attached hydrogens (tertiary/aromatic N) is 4. The highest BCUT2D eigenvalue weighted by atomic mass is 19.1. The quantitative estimate of drug-likeness (QED) is 0.905. The average molecular weight is 261 g/mol. The number of halogens is 1. The number of aromatic nitrogens is 4. The van der Waals surface area contributed by atoms with Gasteiger partial charge in [0.2, 0.25) is 0 Å². The molecule has 1 atom stereocenters. The largest absolute Gasteiger partial charge is 0.316 e. The molecule has 1 fully saturated rings. The summed E-state index contributed by atoms with van der Waals surface area (Å²) in [5.74, 6) is 0.882. The summed E-state index contributed by atoms with van der Waals surface area (Å²) in [7, 11) is 0. The van der Waals surface area contributed by atoms with Gasteiger partial charge in [0, 0.05) is 12.5 Å². The Bertz CT molecular complexity index is 547. The van der Waals surface area contributed by atoms with E-state index in [1.165, 1.54) is 16.9 Å². The Labute approximate surface area is 110 Å². The van der Waals surface area contributed by atoms with Gasteiger partial charge in [-0.2, -0.15) is 4.80 Å². The molecule has 5 nitrogen and oxygen atoms in total. The van der Waals surface area contributed by atoms with Gasteiger partial charge in [-0.1, -0.05) is 12.1 Å². The SMILES string of the molecule is Fc1cccc(Cn2nnc(C3CCCNC3)n2)c1. The van der Waals surface area contributed by atoms with Crippen molar-refractivity contribution < 1.29 is 4.39 Å². The summed E-state index contributed by atoms with van der Waals surface area (Å²) in [6.45, 7) is 2.42. The molecule has 1 aliphatic heterocycles. The standard InChI is InChI=1S/C13H16FN5/c14-12-5-1-3-10(7-12)9-19-17-13(16-18-19)11-4-2-6-15-8-11/h1,3,5,7,11,15H,2,4,6,8-9H2. The summed E-state index contributed by atoms with van der Waals surface area (Å²) in [6.07, 6.45) is 2.24. The number of rotatable bonds is 3. The molecule has 0 amide bonds. The smallest absolute Gasteiger partial charge is 0.179 e. The summed E-state index contributed by atoms with van der Waals surface area (Å²) in [5.41, 5.74) is 0.839. The third-order valence-corrected chi connectivity index (χ3v) is 3.34. The number of piperidine rings is 1. The molecule has 100 valence electrons. The van der Waals surface area contributed by atoms with Crippen molar-refractivity contribution >= 4 is 0 Å². The molecule has 2 aromatic rings. The lowest BCUT2D eigenvalue weighted by atomic mass is 9.99. The van der Waals surface area contributed by atoms with E-state index in [0.29, 0.717) is 12.5 Å². The third-order valence-electron chi connectivity index (χ3n) is 3.34. The van der Waals surface area contributed by atoms with E-state index in [1.54, 1.807) is 6.07 Å². The molecule has 0 radical (unpaired) electrons. The van der Waals surface area contributed by atoms with Crippen LogP contribution in [0.1, 0.15) is 30.1 Å². The molecule has 1 unspecified atom stereocenters. The summed E-state index contributed by atoms with van der Waals surface area (Å²) in [4.78, 5) is 1.53. The van der Waals surface area contributed by atoms with Gasteiger partial charge in [0.05, 0.1) is 6.54 Å². The van der Waals surface area contributed by atoms with Crippen LogP contribution in [0.15, 0.2) is 24.3 Å². The van der Waals surface area contributed by atoms with E-state index >= 15 is 0 Å². The van der Waals surface area contributed by atoms with Crippen LogP contribution in [0.4, 0.5) is 4.39 Å². The molecule has 1 aromatic carbocycles. The summed E-state index contributed by atoms with van der Waals surface area (Å²) in [6, 6.07) is 6.46. The van der Waals surface area contributed by atoms with Gasteiger partial charge >= 0.3 is 0 Å². The maximum Gasteiger partial charge on any atom is 0.179 e. The van der Waals surface area contributed by atoms with Gasteiger partial charge < -0.3 is 5.32 Å². The van der Waals surface area contributed by atoms with Crippen LogP contribution >= 0.6 is 0 Å². The van der Waals surface area contributed by atoms with E-state index in [9.17, 15) is 4.39 Å². The minimum Gasteiger partial charge on any atom is -0.316 e. The Hall–Kier alpha value is -1.82. The third kappa shape index (κ3) is 2.96. The molecule has 6 heteroatoms. The zero-order chi connectivity index (χ0) is 13.1. The van der Waals surface area contributed by atoms with Crippen LogP contribution in [0.2, 0.25) is 0 Å². The lowest BCUT2D eigenvalue weighted by molar-refractivity contribution is 0.444. The van der Waals surface area contributed by atoms with Crippen LogP contribution in [0, 0.1) is 5.82 Å². The highest BCUT2D eigenvalue weighted by Crippen LogP contribution is 2.18. The van der Waals surface area contributed by atoms with Crippen molar-refractivity contribution in [3.63, 3.8) is 0 Å². The lowest BCUT2D eigenvalue weighted by Gasteiger charge is -2.19. The minimum absolute atomic E-state index is 0.241. The second-order valence-electron chi connectivity index (χ2n) is 4.85. The van der Waals surface area contributed by atoms with E-state index in [-0.39, 0.29) is 5.82 Å². The molecular formula is C13H16FN5. The van der Waals surface area contributed by atoms with Gasteiger partial charge in [-0.15, -0.1) is 10.2 Å². The van der Waals surface area contributed by atoms with Gasteiger partial charge in [0.1, 0.15) is 5.82 Å². The molecule has 1 aromatic heterocycles. The summed E-state index contributed by atoms with van der Waals surface area (Å²) >= 11 is 0. The normalized spacial score (nSPS) is 19.5. The fourth-order valence-corrected chi connectivity index (χ4v) is 2.36. The Morgan fingerprint density at radius 3 is 3.16 bits per heavy atom. The lowest BCUT2D eigenvalue weighted by Crippen LogP contribution is -2.29. The van der Waals surface area contributed by atoms with E-state index in [4.69, 9.17) is 0 Å². The topological polar surface area (TPSA) is 55.6 Å². The maximum atomic E-state index is 13.1. The molecule has 0 spiro atoms. The Kier molecular flexibility index (Phi) is 3.50. The van der Waals surface area contributed by atoms with Crippen molar-refractivity contribution in [2.24, 2.45) is 0 Å². The van der Waals surface area contributed by atoms with E-state index in [2.05, 4.69) is 20.7 Å². The maximum absolute atomic E-state index is 13.1. The first-order chi connectivity index (χ1) is 9.31. The molecule has 0 bridgehead atoms. The van der Waals surface area contributed by atoms with Gasteiger partial charge in [-0.3, -0.25) is 0 Å². The number of tetrazole rings is 1. The van der Waals surface area contributed by atoms with Gasteiger partial charge in [0.25, 0.3) is 0 Å². The Morgan fingerprint density at radius 1 is 1.42 bits per heavy atom. The van der Waals surface area contributed by atoms with Crippen LogP contribution < -0.4 is 5.32 Å². The molecule has 2 heterocycles. The van der Waals surface area contributed by atoms with Crippen molar-refractivity contribution in [2.75, 3.05) is 13.1 Å². The summed E-state index contributed by atoms with van der Waals surface area (Å²) in [5, 5.41) is 15.9. The minimum atomic E-state index is -0.241. The van der Waals surface area contributed by atoms with Crippen LogP contribution in [-0.4, -0.2) is 33.3 Å². The molecule has 19 heavy (non-hydrogen) atoms. The first kappa shape index (κ1) is 12.2.